The second-order valence-corrected chi connectivity index (χ2v) is 16.6. The number of likely N-dealkylation sites (tertiary alicyclic amines) is 2. The summed E-state index contributed by atoms with van der Waals surface area (Å²) in [7, 11) is 0. The average Bonchev–Trinajstić information content (AvgIpc) is 3.89. The van der Waals surface area contributed by atoms with Crippen molar-refractivity contribution in [2.24, 2.45) is 5.73 Å². The number of rotatable bonds is 10. The van der Waals surface area contributed by atoms with Gasteiger partial charge < -0.3 is 31.5 Å². The first-order valence-electron chi connectivity index (χ1n) is 20.6. The molecule has 8 heterocycles. The van der Waals surface area contributed by atoms with Gasteiger partial charge in [-0.05, 0) is 90.0 Å². The summed E-state index contributed by atoms with van der Waals surface area (Å²) < 4.78 is 4.33. The smallest absolute Gasteiger partial charge is 0.321 e. The zero-order chi connectivity index (χ0) is 42.7. The Balaban J connectivity index is 0.853. The zero-order valence-electron chi connectivity index (χ0n) is 34.0. The van der Waals surface area contributed by atoms with Crippen LogP contribution in [0.4, 0.5) is 26.9 Å². The number of halogens is 1. The fraction of sp³-hybridized carbons (Fsp3) is 0.295. The summed E-state index contributed by atoms with van der Waals surface area (Å²) in [6.45, 7) is 5.30. The number of aromatic nitrogens is 8. The normalized spacial score (nSPS) is 16.6. The highest BCUT2D eigenvalue weighted by atomic mass is 79.9. The first-order chi connectivity index (χ1) is 30.2. The van der Waals surface area contributed by atoms with E-state index in [-0.39, 0.29) is 17.9 Å². The Labute approximate surface area is 365 Å². The van der Waals surface area contributed by atoms with Crippen LogP contribution in [0.2, 0.25) is 0 Å². The fourth-order valence-corrected chi connectivity index (χ4v) is 8.60. The number of aryl methyl sites for hydroxylation is 1. The van der Waals surface area contributed by atoms with E-state index in [1.54, 1.807) is 40.1 Å². The molecule has 5 N–H and O–H groups in total. The molecule has 2 atom stereocenters. The number of hydrogen-bond donors (Lipinski definition) is 4. The second-order valence-electron chi connectivity index (χ2n) is 15.8. The molecule has 0 spiro atoms. The van der Waals surface area contributed by atoms with Gasteiger partial charge in [0.05, 0.1) is 45.6 Å². The highest BCUT2D eigenvalue weighted by molar-refractivity contribution is 9.10. The van der Waals surface area contributed by atoms with Gasteiger partial charge in [-0.2, -0.15) is 24.5 Å². The maximum Gasteiger partial charge on any atom is 0.321 e. The minimum atomic E-state index is -0.419. The number of nitrogens with two attached hydrogens (primary N) is 1. The molecule has 0 radical (unpaired) electrons. The van der Waals surface area contributed by atoms with E-state index in [4.69, 9.17) is 20.7 Å². The molecule has 17 nitrogen and oxygen atoms in total. The lowest BCUT2D eigenvalue weighted by Gasteiger charge is -2.32. The molecular weight excluding hydrogens is 850 g/mol. The van der Waals surface area contributed by atoms with Gasteiger partial charge in [0.25, 0.3) is 0 Å². The number of amides is 4. The van der Waals surface area contributed by atoms with Crippen molar-refractivity contribution in [2.75, 3.05) is 42.1 Å². The maximum atomic E-state index is 13.7. The molecule has 2 fully saturated rings. The van der Waals surface area contributed by atoms with Gasteiger partial charge in [0, 0.05) is 98.6 Å². The maximum absolute atomic E-state index is 13.7. The predicted octanol–water partition coefficient (Wildman–Crippen LogP) is 7.07. The third-order valence-electron chi connectivity index (χ3n) is 11.6. The average molecular weight is 895 g/mol. The highest BCUT2D eigenvalue weighted by Crippen LogP contribution is 2.32. The van der Waals surface area contributed by atoms with Crippen molar-refractivity contribution in [3.8, 4) is 17.3 Å². The Kier molecular flexibility index (Phi) is 11.3. The third kappa shape index (κ3) is 8.43. The molecule has 2 aliphatic heterocycles. The topological polar surface area (TPSA) is 213 Å². The standard InChI is InChI=1S/C44H44BrN15O2/c1-27-19-52-59-39(50-22-28-5-2-12-48-20-28)16-37(55-41(27)59)31-7-4-14-58(26-31)44(62)54-33-9-10-34(32(15-33)18-46)36-11-8-29(21-49-36)23-51-40-17-38(56-42-35(45)24-53-60(40)42)30-6-3-13-57(25-30)43(47)61/h2,5,8-12,15-17,19-21,24,30-31,50-51H,3-4,6-7,13-14,22-23,25-26H2,1H3,(H2,47,61)(H,54,62). The van der Waals surface area contributed by atoms with Crippen LogP contribution in [0.5, 0.6) is 0 Å². The molecule has 1 aromatic carbocycles. The number of nitrogens with one attached hydrogen (secondary N) is 3. The van der Waals surface area contributed by atoms with Crippen LogP contribution in [-0.2, 0) is 13.1 Å². The lowest BCUT2D eigenvalue weighted by Crippen LogP contribution is -2.42. The van der Waals surface area contributed by atoms with Gasteiger partial charge >= 0.3 is 12.1 Å². The molecule has 62 heavy (non-hydrogen) atoms. The summed E-state index contributed by atoms with van der Waals surface area (Å²) in [5.74, 6) is 1.66. The quantitative estimate of drug-likeness (QED) is 0.109. The number of fused-ring (bicyclic) bond motifs is 2. The van der Waals surface area contributed by atoms with Gasteiger partial charge in [0.2, 0.25) is 0 Å². The van der Waals surface area contributed by atoms with Gasteiger partial charge in [-0.1, -0.05) is 12.1 Å². The Bertz CT molecular complexity index is 2820. The van der Waals surface area contributed by atoms with Crippen molar-refractivity contribution in [3.63, 3.8) is 0 Å². The molecule has 314 valence electrons. The van der Waals surface area contributed by atoms with E-state index < -0.39 is 6.03 Å². The van der Waals surface area contributed by atoms with Crippen molar-refractivity contribution >= 4 is 56.6 Å². The number of nitrogens with zero attached hydrogens (tertiary/aromatic N) is 11. The fourth-order valence-electron chi connectivity index (χ4n) is 8.25. The number of nitriles is 1. The molecule has 7 aromatic rings. The minimum absolute atomic E-state index is 0.0301. The van der Waals surface area contributed by atoms with E-state index in [2.05, 4.69) is 53.1 Å². The van der Waals surface area contributed by atoms with Crippen molar-refractivity contribution in [1.29, 1.82) is 5.26 Å². The van der Waals surface area contributed by atoms with Crippen LogP contribution in [0.25, 0.3) is 22.6 Å². The summed E-state index contributed by atoms with van der Waals surface area (Å²) in [5.41, 5.74) is 14.0. The van der Waals surface area contributed by atoms with E-state index in [1.165, 1.54) is 0 Å². The van der Waals surface area contributed by atoms with Crippen molar-refractivity contribution in [1.82, 2.24) is 49.0 Å². The van der Waals surface area contributed by atoms with Gasteiger partial charge in [-0.15, -0.1) is 0 Å². The summed E-state index contributed by atoms with van der Waals surface area (Å²) in [6.07, 6.45) is 12.4. The lowest BCUT2D eigenvalue weighted by atomic mass is 9.94. The number of anilines is 3. The molecule has 9 rings (SSSR count). The van der Waals surface area contributed by atoms with Crippen LogP contribution in [0, 0.1) is 18.3 Å². The Hall–Kier alpha value is -7.13. The number of pyridine rings is 2. The molecule has 0 bridgehead atoms. The van der Waals surface area contributed by atoms with Crippen molar-refractivity contribution < 1.29 is 9.59 Å². The monoisotopic (exact) mass is 893 g/mol. The van der Waals surface area contributed by atoms with E-state index in [1.807, 2.05) is 71.2 Å². The largest absolute Gasteiger partial charge is 0.366 e. The van der Waals surface area contributed by atoms with E-state index in [9.17, 15) is 14.9 Å². The first kappa shape index (κ1) is 40.3. The Morgan fingerprint density at radius 3 is 2.19 bits per heavy atom. The number of urea groups is 2. The number of piperidine rings is 2. The molecular formula is C44H44BrN15O2. The number of carbonyl (C=O) groups is 2. The zero-order valence-corrected chi connectivity index (χ0v) is 35.6. The third-order valence-corrected chi connectivity index (χ3v) is 12.1. The SMILES string of the molecule is Cc1cnn2c(NCc3cccnc3)cc(C3CCCN(C(=O)Nc4ccc(-c5ccc(CNc6cc(C7CCCN(C(N)=O)C7)nc7c(Br)cnn67)cn5)c(C#N)c4)C3)nc12. The molecule has 4 amide bonds. The molecule has 0 saturated carbocycles. The van der Waals surface area contributed by atoms with Crippen molar-refractivity contribution in [2.45, 2.75) is 57.5 Å². The van der Waals surface area contributed by atoms with Crippen LogP contribution in [0.15, 0.2) is 90.1 Å². The summed E-state index contributed by atoms with van der Waals surface area (Å²) >= 11 is 3.57. The number of benzene rings is 1. The molecule has 2 saturated heterocycles. The minimum Gasteiger partial charge on any atom is -0.366 e. The number of carbonyl (C=O) groups excluding carboxylic acids is 2. The van der Waals surface area contributed by atoms with Crippen LogP contribution in [0.3, 0.4) is 0 Å². The summed E-state index contributed by atoms with van der Waals surface area (Å²) in [6, 6.07) is 18.7. The Morgan fingerprint density at radius 1 is 0.839 bits per heavy atom. The summed E-state index contributed by atoms with van der Waals surface area (Å²) in [4.78, 5) is 47.9. The molecule has 2 unspecified atom stereocenters. The second kappa shape index (κ2) is 17.5. The van der Waals surface area contributed by atoms with Crippen LogP contribution in [0.1, 0.15) is 71.2 Å². The van der Waals surface area contributed by atoms with E-state index >= 15 is 0 Å². The van der Waals surface area contributed by atoms with Crippen LogP contribution < -0.4 is 21.7 Å². The predicted molar refractivity (Wildman–Crippen MR) is 237 cm³/mol. The first-order valence-corrected chi connectivity index (χ1v) is 21.4. The van der Waals surface area contributed by atoms with Gasteiger partial charge in [0.15, 0.2) is 11.3 Å². The number of hydrogen-bond acceptors (Lipinski definition) is 11. The molecule has 6 aromatic heterocycles. The Morgan fingerprint density at radius 2 is 1.52 bits per heavy atom. The van der Waals surface area contributed by atoms with Gasteiger partial charge in [-0.25, -0.2) is 19.6 Å². The number of primary amides is 1. The van der Waals surface area contributed by atoms with Crippen LogP contribution in [-0.4, -0.2) is 87.2 Å². The summed E-state index contributed by atoms with van der Waals surface area (Å²) in [5, 5.41) is 29.3. The molecule has 2 aliphatic rings. The van der Waals surface area contributed by atoms with Crippen molar-refractivity contribution in [3.05, 3.63) is 124 Å². The van der Waals surface area contributed by atoms with E-state index in [0.29, 0.717) is 67.4 Å². The van der Waals surface area contributed by atoms with Gasteiger partial charge in [0.1, 0.15) is 11.6 Å². The molecule has 0 aliphatic carbocycles. The van der Waals surface area contributed by atoms with Gasteiger partial charge in [-0.3, -0.25) is 9.97 Å². The molecule has 18 heteroatoms. The van der Waals surface area contributed by atoms with E-state index in [0.717, 1.165) is 75.5 Å². The van der Waals surface area contributed by atoms with Crippen LogP contribution >= 0.6 is 15.9 Å². The lowest BCUT2D eigenvalue weighted by molar-refractivity contribution is 0.188. The highest BCUT2D eigenvalue weighted by Gasteiger charge is 2.28.